The van der Waals surface area contributed by atoms with Crippen molar-refractivity contribution in [3.8, 4) is 28.3 Å². The number of carbonyl (C=O) groups is 1. The topological polar surface area (TPSA) is 126 Å². The van der Waals surface area contributed by atoms with Gasteiger partial charge in [-0.2, -0.15) is 0 Å². The third-order valence-electron chi connectivity index (χ3n) is 10.2. The predicted molar refractivity (Wildman–Crippen MR) is 212 cm³/mol. The van der Waals surface area contributed by atoms with Crippen molar-refractivity contribution >= 4 is 51.7 Å². The van der Waals surface area contributed by atoms with E-state index in [1.807, 2.05) is 48.3 Å². The van der Waals surface area contributed by atoms with Gasteiger partial charge in [0.1, 0.15) is 12.2 Å². The monoisotopic (exact) mass is 805 g/mol. The summed E-state index contributed by atoms with van der Waals surface area (Å²) in [6.07, 6.45) is 4.11. The number of aromatic nitrogens is 4. The molecule has 0 bridgehead atoms. The molecule has 1 saturated carbocycles. The fraction of sp³-hybridized carbons (Fsp3) is 0.390. The van der Waals surface area contributed by atoms with Crippen LogP contribution < -0.4 is 10.1 Å². The highest BCUT2D eigenvalue weighted by Gasteiger charge is 2.25. The lowest BCUT2D eigenvalue weighted by Gasteiger charge is -2.23. The van der Waals surface area contributed by atoms with Crippen LogP contribution in [0.25, 0.3) is 33.4 Å². The molecule has 2 aliphatic rings. The molecule has 7 rings (SSSR count). The Morgan fingerprint density at radius 3 is 2.48 bits per heavy atom. The van der Waals surface area contributed by atoms with Crippen molar-refractivity contribution in [2.45, 2.75) is 64.1 Å². The van der Waals surface area contributed by atoms with Crippen LogP contribution in [-0.2, 0) is 22.6 Å². The number of likely N-dealkylation sites (tertiary alicyclic amines) is 1. The van der Waals surface area contributed by atoms with Crippen molar-refractivity contribution in [1.82, 2.24) is 29.7 Å². The highest BCUT2D eigenvalue weighted by molar-refractivity contribution is 6.39. The van der Waals surface area contributed by atoms with Gasteiger partial charge in [0, 0.05) is 54.6 Å². The lowest BCUT2D eigenvalue weighted by molar-refractivity contribution is -0.154. The molecule has 2 fully saturated rings. The molecule has 56 heavy (non-hydrogen) atoms. The van der Waals surface area contributed by atoms with E-state index in [1.54, 1.807) is 31.5 Å². The number of nitrogens with one attached hydrogen (secondary N) is 1. The van der Waals surface area contributed by atoms with E-state index in [0.29, 0.717) is 70.5 Å². The Morgan fingerprint density at radius 1 is 1.00 bits per heavy atom. The van der Waals surface area contributed by atoms with Gasteiger partial charge in [-0.3, -0.25) is 19.6 Å². The van der Waals surface area contributed by atoms with E-state index in [0.717, 1.165) is 43.4 Å². The maximum Gasteiger partial charge on any atom is 0.310 e. The number of fused-ring (bicyclic) bond motifs is 1. The van der Waals surface area contributed by atoms with Crippen molar-refractivity contribution in [2.75, 3.05) is 39.3 Å². The third kappa shape index (κ3) is 9.03. The van der Waals surface area contributed by atoms with Crippen LogP contribution in [0, 0.1) is 5.92 Å². The second kappa shape index (κ2) is 17.7. The molecule has 4 heterocycles. The van der Waals surface area contributed by atoms with Crippen LogP contribution in [0.3, 0.4) is 0 Å². The number of hydrogen-bond acceptors (Lipinski definition) is 11. The summed E-state index contributed by atoms with van der Waals surface area (Å²) >= 11 is 14.1. The van der Waals surface area contributed by atoms with Crippen LogP contribution in [0.15, 0.2) is 60.8 Å². The number of nitrogens with zero attached hydrogens (tertiary/aromatic N) is 6. The SMILES string of the molecule is COc1nc(-c2cccc(-c3cccc(Nc4nc(C(F)F)nc5cc(CN6CC[C@@H](O)C6)cnc45)c3Cl)c2Cl)ccc1CN(C)COC(=O)C1CCCCC1. The number of anilines is 2. The van der Waals surface area contributed by atoms with Crippen LogP contribution in [0.1, 0.15) is 61.9 Å². The van der Waals surface area contributed by atoms with Gasteiger partial charge in [0.05, 0.1) is 46.1 Å². The summed E-state index contributed by atoms with van der Waals surface area (Å²) in [5, 5.41) is 13.7. The van der Waals surface area contributed by atoms with Gasteiger partial charge in [-0.1, -0.05) is 78.9 Å². The standard InChI is InChI=1S/C41H43Cl2F2N7O4/c1-51(23-56-41(54)25-8-4-3-5-9-25)21-26-14-15-31(49-40(26)55-2)30-12-6-10-28(34(30)42)29-11-7-13-32(35(29)43)47-38-36-33(48-39(50-38)37(44)45)18-24(19-46-36)20-52-17-16-27(53)22-52/h6-7,10-15,18-19,25,27,37,53H,3-5,8-9,16-17,20-23H2,1-2H3,(H,47,48,50)/t27-/m1/s1. The Bertz CT molecular complexity index is 2210. The van der Waals surface area contributed by atoms with E-state index in [4.69, 9.17) is 37.7 Å². The number of carbonyl (C=O) groups excluding carboxylic acids is 1. The van der Waals surface area contributed by atoms with Gasteiger partial charge < -0.3 is 19.9 Å². The molecule has 0 radical (unpaired) electrons. The highest BCUT2D eigenvalue weighted by Crippen LogP contribution is 2.42. The summed E-state index contributed by atoms with van der Waals surface area (Å²) in [5.74, 6) is -0.308. The molecule has 5 aromatic rings. The van der Waals surface area contributed by atoms with Gasteiger partial charge in [-0.25, -0.2) is 23.7 Å². The zero-order chi connectivity index (χ0) is 39.3. The van der Waals surface area contributed by atoms with E-state index in [2.05, 4.69) is 25.2 Å². The number of benzene rings is 2. The number of ether oxygens (including phenoxy) is 2. The molecule has 0 amide bonds. The van der Waals surface area contributed by atoms with Gasteiger partial charge in [-0.05, 0) is 50.1 Å². The number of aliphatic hydroxyl groups excluding tert-OH is 1. The minimum Gasteiger partial charge on any atom is -0.481 e. The van der Waals surface area contributed by atoms with E-state index in [1.165, 1.54) is 6.42 Å². The molecule has 1 atom stereocenters. The summed E-state index contributed by atoms with van der Waals surface area (Å²) < 4.78 is 39.4. The van der Waals surface area contributed by atoms with E-state index in [9.17, 15) is 18.7 Å². The van der Waals surface area contributed by atoms with Gasteiger partial charge >= 0.3 is 5.97 Å². The number of aliphatic hydroxyl groups is 1. The van der Waals surface area contributed by atoms with Crippen LogP contribution in [0.2, 0.25) is 10.0 Å². The van der Waals surface area contributed by atoms with Gasteiger partial charge in [0.25, 0.3) is 6.43 Å². The average molecular weight is 807 g/mol. The first-order valence-corrected chi connectivity index (χ1v) is 19.4. The van der Waals surface area contributed by atoms with Crippen LogP contribution in [0.5, 0.6) is 5.88 Å². The molecule has 15 heteroatoms. The van der Waals surface area contributed by atoms with Gasteiger partial charge in [-0.15, -0.1) is 0 Å². The number of pyridine rings is 2. The lowest BCUT2D eigenvalue weighted by atomic mass is 9.89. The summed E-state index contributed by atoms with van der Waals surface area (Å²) in [5.41, 5.74) is 4.99. The lowest BCUT2D eigenvalue weighted by Crippen LogP contribution is -2.28. The molecule has 1 saturated heterocycles. The van der Waals surface area contributed by atoms with Crippen LogP contribution in [-0.4, -0.2) is 80.9 Å². The fourth-order valence-corrected chi connectivity index (χ4v) is 7.95. The van der Waals surface area contributed by atoms with Gasteiger partial charge in [0.15, 0.2) is 11.6 Å². The fourth-order valence-electron chi connectivity index (χ4n) is 7.35. The Morgan fingerprint density at radius 2 is 1.75 bits per heavy atom. The number of esters is 1. The first-order chi connectivity index (χ1) is 27.1. The molecule has 294 valence electrons. The van der Waals surface area contributed by atoms with Crippen molar-refractivity contribution < 1.29 is 28.2 Å². The Kier molecular flexibility index (Phi) is 12.6. The van der Waals surface area contributed by atoms with Gasteiger partial charge in [0.2, 0.25) is 5.88 Å². The Balaban J connectivity index is 1.11. The second-order valence-electron chi connectivity index (χ2n) is 14.4. The zero-order valence-corrected chi connectivity index (χ0v) is 32.7. The predicted octanol–water partition coefficient (Wildman–Crippen LogP) is 8.83. The largest absolute Gasteiger partial charge is 0.481 e. The maximum atomic E-state index is 14.0. The molecule has 2 aromatic carbocycles. The maximum absolute atomic E-state index is 14.0. The molecule has 3 aromatic heterocycles. The van der Waals surface area contributed by atoms with Crippen molar-refractivity contribution in [3.05, 3.63) is 87.8 Å². The summed E-state index contributed by atoms with van der Waals surface area (Å²) in [6, 6.07) is 16.3. The molecule has 1 aliphatic heterocycles. The minimum absolute atomic E-state index is 0.0182. The first kappa shape index (κ1) is 39.7. The number of alkyl halides is 2. The molecule has 1 aliphatic carbocycles. The molecule has 2 N–H and O–H groups in total. The number of methoxy groups -OCH3 is 1. The van der Waals surface area contributed by atoms with E-state index >= 15 is 0 Å². The van der Waals surface area contributed by atoms with Crippen molar-refractivity contribution in [1.29, 1.82) is 0 Å². The number of β-amino-alcohol motifs (C(OH)–C–C–N with tert-alkyl or cyclic N) is 1. The number of hydrogen-bond donors (Lipinski definition) is 2. The van der Waals surface area contributed by atoms with Crippen LogP contribution in [0.4, 0.5) is 20.3 Å². The third-order valence-corrected chi connectivity index (χ3v) is 11.0. The smallest absolute Gasteiger partial charge is 0.310 e. The summed E-state index contributed by atoms with van der Waals surface area (Å²) in [7, 11) is 3.42. The molecular weight excluding hydrogens is 763 g/mol. The normalized spacial score (nSPS) is 16.6. The molecular formula is C41H43Cl2F2N7O4. The summed E-state index contributed by atoms with van der Waals surface area (Å²) in [4.78, 5) is 34.1. The highest BCUT2D eigenvalue weighted by atomic mass is 35.5. The Hall–Kier alpha value is -4.53. The minimum atomic E-state index is -2.92. The molecule has 0 spiro atoms. The van der Waals surface area contributed by atoms with E-state index in [-0.39, 0.29) is 41.1 Å². The number of rotatable bonds is 13. The average Bonchev–Trinajstić information content (AvgIpc) is 3.62. The number of halogens is 4. The molecule has 0 unspecified atom stereocenters. The first-order valence-electron chi connectivity index (χ1n) is 18.7. The summed E-state index contributed by atoms with van der Waals surface area (Å²) in [6.45, 7) is 2.38. The zero-order valence-electron chi connectivity index (χ0n) is 31.2. The van der Waals surface area contributed by atoms with Crippen molar-refractivity contribution in [2.24, 2.45) is 5.92 Å². The Labute approximate surface area is 334 Å². The second-order valence-corrected chi connectivity index (χ2v) is 15.1. The van der Waals surface area contributed by atoms with Crippen LogP contribution >= 0.6 is 23.2 Å². The van der Waals surface area contributed by atoms with E-state index < -0.39 is 12.2 Å². The van der Waals surface area contributed by atoms with Crippen molar-refractivity contribution in [3.63, 3.8) is 0 Å². The quantitative estimate of drug-likeness (QED) is 0.0876. The molecule has 11 nitrogen and oxygen atoms in total.